The fraction of sp³-hybridized carbons (Fsp3) is 0.167. The van der Waals surface area contributed by atoms with E-state index in [9.17, 15) is 9.18 Å². The largest absolute Gasteiger partial charge is 0.481 e. The molecule has 1 unspecified atom stereocenters. The molecule has 0 radical (unpaired) electrons. The van der Waals surface area contributed by atoms with Crippen molar-refractivity contribution in [3.63, 3.8) is 0 Å². The number of aromatic nitrogens is 2. The normalized spacial score (nSPS) is 12.3. The highest BCUT2D eigenvalue weighted by molar-refractivity contribution is 5.75. The molecule has 0 saturated carbocycles. The van der Waals surface area contributed by atoms with Gasteiger partial charge in [0, 0.05) is 12.4 Å². The second kappa shape index (κ2) is 4.78. The van der Waals surface area contributed by atoms with Gasteiger partial charge in [0.15, 0.2) is 0 Å². The van der Waals surface area contributed by atoms with Gasteiger partial charge in [-0.2, -0.15) is 5.10 Å². The van der Waals surface area contributed by atoms with Crippen LogP contribution in [0, 0.1) is 5.82 Å². The van der Waals surface area contributed by atoms with Crippen LogP contribution in [0.4, 0.5) is 4.39 Å². The van der Waals surface area contributed by atoms with Crippen LogP contribution in [0.2, 0.25) is 0 Å². The zero-order valence-corrected chi connectivity index (χ0v) is 8.95. The maximum absolute atomic E-state index is 13.1. The van der Waals surface area contributed by atoms with Crippen LogP contribution in [0.15, 0.2) is 42.7 Å². The highest BCUT2D eigenvalue weighted by Crippen LogP contribution is 2.19. The number of aliphatic carboxylic acids is 1. The van der Waals surface area contributed by atoms with Gasteiger partial charge in [-0.05, 0) is 23.8 Å². The molecule has 0 amide bonds. The van der Waals surface area contributed by atoms with Crippen molar-refractivity contribution in [2.75, 3.05) is 0 Å². The molecule has 1 heterocycles. The molecule has 88 valence electrons. The Balaban J connectivity index is 2.26. The van der Waals surface area contributed by atoms with Crippen molar-refractivity contribution in [2.24, 2.45) is 0 Å². The molecule has 0 fully saturated rings. The molecule has 2 aromatic rings. The van der Waals surface area contributed by atoms with Crippen molar-refractivity contribution in [1.29, 1.82) is 0 Å². The van der Waals surface area contributed by atoms with Crippen LogP contribution in [0.5, 0.6) is 0 Å². The molecule has 1 aromatic heterocycles. The number of halogens is 1. The Hall–Kier alpha value is -2.17. The number of nitrogens with zero attached hydrogens (tertiary/aromatic N) is 2. The molecular formula is C12H11FN2O2. The first-order chi connectivity index (χ1) is 8.16. The number of hydrogen-bond donors (Lipinski definition) is 1. The maximum atomic E-state index is 13.1. The number of carboxylic acids is 1. The minimum atomic E-state index is -0.994. The van der Waals surface area contributed by atoms with E-state index in [1.165, 1.54) is 22.9 Å². The molecule has 4 nitrogen and oxygen atoms in total. The van der Waals surface area contributed by atoms with E-state index in [4.69, 9.17) is 5.11 Å². The van der Waals surface area contributed by atoms with Gasteiger partial charge in [0.05, 0.1) is 6.54 Å². The minimum absolute atomic E-state index is 0.186. The van der Waals surface area contributed by atoms with Crippen LogP contribution in [0.1, 0.15) is 11.5 Å². The molecule has 5 heteroatoms. The first kappa shape index (κ1) is 11.3. The Bertz CT molecular complexity index is 511. The van der Waals surface area contributed by atoms with Gasteiger partial charge in [-0.25, -0.2) is 4.39 Å². The van der Waals surface area contributed by atoms with Gasteiger partial charge >= 0.3 is 5.97 Å². The quantitative estimate of drug-likeness (QED) is 0.878. The predicted octanol–water partition coefficient (Wildman–Crippen LogP) is 1.89. The lowest BCUT2D eigenvalue weighted by Crippen LogP contribution is -2.18. The van der Waals surface area contributed by atoms with E-state index in [0.717, 1.165) is 0 Å². The van der Waals surface area contributed by atoms with Crippen molar-refractivity contribution in [1.82, 2.24) is 9.78 Å². The molecule has 0 bridgehead atoms. The highest BCUT2D eigenvalue weighted by Gasteiger charge is 2.20. The molecule has 1 aromatic carbocycles. The highest BCUT2D eigenvalue weighted by atomic mass is 19.1. The number of carbonyl (C=O) groups is 1. The summed E-state index contributed by atoms with van der Waals surface area (Å²) in [4.78, 5) is 11.2. The molecule has 0 saturated heterocycles. The molecule has 1 atom stereocenters. The van der Waals surface area contributed by atoms with Crippen LogP contribution in [0.3, 0.4) is 0 Å². The summed E-state index contributed by atoms with van der Waals surface area (Å²) in [5, 5.41) is 13.1. The van der Waals surface area contributed by atoms with Crippen LogP contribution in [0.25, 0.3) is 0 Å². The van der Waals surface area contributed by atoms with Crippen LogP contribution in [-0.2, 0) is 11.3 Å². The molecular weight excluding hydrogens is 223 g/mol. The smallest absolute Gasteiger partial charge is 0.312 e. The molecule has 17 heavy (non-hydrogen) atoms. The fourth-order valence-electron chi connectivity index (χ4n) is 1.64. The first-order valence-electron chi connectivity index (χ1n) is 5.12. The van der Waals surface area contributed by atoms with Crippen molar-refractivity contribution in [3.8, 4) is 0 Å². The van der Waals surface area contributed by atoms with Crippen molar-refractivity contribution >= 4 is 5.97 Å². The van der Waals surface area contributed by atoms with E-state index >= 15 is 0 Å². The van der Waals surface area contributed by atoms with Gasteiger partial charge in [0.2, 0.25) is 0 Å². The van der Waals surface area contributed by atoms with E-state index in [2.05, 4.69) is 5.10 Å². The lowest BCUT2D eigenvalue weighted by Gasteiger charge is -2.12. The molecule has 0 aliphatic heterocycles. The van der Waals surface area contributed by atoms with Gasteiger partial charge < -0.3 is 5.11 Å². The van der Waals surface area contributed by atoms with E-state index in [0.29, 0.717) is 5.56 Å². The summed E-state index contributed by atoms with van der Waals surface area (Å²) in [5.41, 5.74) is 0.438. The average Bonchev–Trinajstić information content (AvgIpc) is 2.78. The van der Waals surface area contributed by atoms with E-state index in [-0.39, 0.29) is 6.54 Å². The van der Waals surface area contributed by atoms with Crippen LogP contribution in [-0.4, -0.2) is 20.9 Å². The molecule has 1 N–H and O–H groups in total. The zero-order chi connectivity index (χ0) is 12.3. The van der Waals surface area contributed by atoms with Crippen molar-refractivity contribution < 1.29 is 14.3 Å². The SMILES string of the molecule is O=C(O)C(Cn1cccn1)c1cccc(F)c1. The zero-order valence-electron chi connectivity index (χ0n) is 8.95. The average molecular weight is 234 g/mol. The monoisotopic (exact) mass is 234 g/mol. The molecule has 0 aliphatic carbocycles. The van der Waals surface area contributed by atoms with Gasteiger partial charge in [-0.1, -0.05) is 12.1 Å². The second-order valence-corrected chi connectivity index (χ2v) is 3.67. The van der Waals surface area contributed by atoms with E-state index in [1.54, 1.807) is 24.5 Å². The van der Waals surface area contributed by atoms with Gasteiger partial charge in [0.25, 0.3) is 0 Å². The third kappa shape index (κ3) is 2.69. The summed E-state index contributed by atoms with van der Waals surface area (Å²) in [6.45, 7) is 0.186. The fourth-order valence-corrected chi connectivity index (χ4v) is 1.64. The Morgan fingerprint density at radius 1 is 1.47 bits per heavy atom. The lowest BCUT2D eigenvalue weighted by molar-refractivity contribution is -0.139. The summed E-state index contributed by atoms with van der Waals surface area (Å²) in [6, 6.07) is 7.35. The standard InChI is InChI=1S/C12H11FN2O2/c13-10-4-1-3-9(7-10)11(12(16)17)8-15-6-2-5-14-15/h1-7,11H,8H2,(H,16,17). The molecule has 0 spiro atoms. The van der Waals surface area contributed by atoms with Crippen molar-refractivity contribution in [2.45, 2.75) is 12.5 Å². The van der Waals surface area contributed by atoms with Crippen LogP contribution < -0.4 is 0 Å². The topological polar surface area (TPSA) is 55.1 Å². The number of hydrogen-bond acceptors (Lipinski definition) is 2. The second-order valence-electron chi connectivity index (χ2n) is 3.67. The van der Waals surface area contributed by atoms with Gasteiger partial charge in [-0.3, -0.25) is 9.48 Å². The number of benzene rings is 1. The van der Waals surface area contributed by atoms with Gasteiger partial charge in [-0.15, -0.1) is 0 Å². The van der Waals surface area contributed by atoms with E-state index < -0.39 is 17.7 Å². The van der Waals surface area contributed by atoms with Crippen LogP contribution >= 0.6 is 0 Å². The van der Waals surface area contributed by atoms with E-state index in [1.807, 2.05) is 0 Å². The molecule has 2 rings (SSSR count). The first-order valence-corrected chi connectivity index (χ1v) is 5.12. The Kier molecular flexibility index (Phi) is 3.18. The maximum Gasteiger partial charge on any atom is 0.312 e. The summed E-state index contributed by atoms with van der Waals surface area (Å²) in [6.07, 6.45) is 3.25. The number of rotatable bonds is 4. The summed E-state index contributed by atoms with van der Waals surface area (Å²) >= 11 is 0. The third-order valence-corrected chi connectivity index (χ3v) is 2.48. The Labute approximate surface area is 97.3 Å². The Morgan fingerprint density at radius 3 is 2.88 bits per heavy atom. The number of carboxylic acid groups (broad SMARTS) is 1. The summed E-state index contributed by atoms with van der Waals surface area (Å²) in [5.74, 6) is -2.23. The van der Waals surface area contributed by atoms with Crippen molar-refractivity contribution in [3.05, 3.63) is 54.1 Å². The summed E-state index contributed by atoms with van der Waals surface area (Å²) in [7, 11) is 0. The minimum Gasteiger partial charge on any atom is -0.481 e. The lowest BCUT2D eigenvalue weighted by atomic mass is 9.99. The summed E-state index contributed by atoms with van der Waals surface area (Å²) < 4.78 is 14.6. The Morgan fingerprint density at radius 2 is 2.29 bits per heavy atom. The third-order valence-electron chi connectivity index (χ3n) is 2.48. The van der Waals surface area contributed by atoms with Gasteiger partial charge in [0.1, 0.15) is 11.7 Å². The molecule has 0 aliphatic rings. The predicted molar refractivity (Wildman–Crippen MR) is 59.0 cm³/mol.